The molecule has 1 aromatic carbocycles. The van der Waals surface area contributed by atoms with Gasteiger partial charge in [-0.2, -0.15) is 0 Å². The van der Waals surface area contributed by atoms with E-state index in [2.05, 4.69) is 29.8 Å². The predicted molar refractivity (Wildman–Crippen MR) is 62.5 cm³/mol. The van der Waals surface area contributed by atoms with Crippen molar-refractivity contribution in [2.45, 2.75) is 19.9 Å². The fourth-order valence-corrected chi connectivity index (χ4v) is 1.91. The Labute approximate surface area is 93.6 Å². The Morgan fingerprint density at radius 1 is 1.36 bits per heavy atom. The van der Waals surface area contributed by atoms with Crippen LogP contribution in [-0.2, 0) is 0 Å². The van der Waals surface area contributed by atoms with Crippen LogP contribution in [0.3, 0.4) is 0 Å². The maximum absolute atomic E-state index is 6.08. The Balaban J connectivity index is 3.13. The molecule has 2 nitrogen and oxygen atoms in total. The number of halogens is 1. The Hall–Kier alpha value is -0.540. The van der Waals surface area contributed by atoms with E-state index in [0.29, 0.717) is 5.92 Å². The molecule has 78 valence electrons. The van der Waals surface area contributed by atoms with Crippen molar-refractivity contribution >= 4 is 15.9 Å². The highest BCUT2D eigenvalue weighted by molar-refractivity contribution is 9.10. The lowest BCUT2D eigenvalue weighted by atomic mass is 9.96. The Morgan fingerprint density at radius 2 is 2.00 bits per heavy atom. The molecule has 0 aliphatic heterocycles. The second-order valence-corrected chi connectivity index (χ2v) is 4.49. The van der Waals surface area contributed by atoms with Gasteiger partial charge in [0.05, 0.1) is 11.6 Å². The third-order valence-corrected chi connectivity index (χ3v) is 2.90. The standard InChI is InChI=1S/C11H16BrNO/c1-7(2)10(13)8-5-4-6-9(12)11(8)14-3/h4-7,10H,13H2,1-3H3. The molecule has 2 N–H and O–H groups in total. The topological polar surface area (TPSA) is 35.2 Å². The van der Waals surface area contributed by atoms with Gasteiger partial charge in [-0.25, -0.2) is 0 Å². The van der Waals surface area contributed by atoms with E-state index in [4.69, 9.17) is 10.5 Å². The van der Waals surface area contributed by atoms with Crippen molar-refractivity contribution in [2.24, 2.45) is 11.7 Å². The van der Waals surface area contributed by atoms with E-state index in [1.165, 1.54) is 0 Å². The summed E-state index contributed by atoms with van der Waals surface area (Å²) in [6.45, 7) is 4.20. The summed E-state index contributed by atoms with van der Waals surface area (Å²) in [6.07, 6.45) is 0. The molecule has 1 unspecified atom stereocenters. The highest BCUT2D eigenvalue weighted by Crippen LogP contribution is 2.34. The molecule has 1 atom stereocenters. The highest BCUT2D eigenvalue weighted by Gasteiger charge is 2.16. The number of rotatable bonds is 3. The first-order valence-corrected chi connectivity index (χ1v) is 5.45. The normalized spacial score (nSPS) is 13.0. The zero-order chi connectivity index (χ0) is 10.7. The van der Waals surface area contributed by atoms with E-state index in [9.17, 15) is 0 Å². The lowest BCUT2D eigenvalue weighted by Gasteiger charge is -2.19. The van der Waals surface area contributed by atoms with Gasteiger partial charge in [0.15, 0.2) is 0 Å². The first-order chi connectivity index (χ1) is 6.57. The lowest BCUT2D eigenvalue weighted by Crippen LogP contribution is -2.17. The second kappa shape index (κ2) is 4.80. The molecule has 3 heteroatoms. The molecule has 1 aromatic rings. The van der Waals surface area contributed by atoms with E-state index in [-0.39, 0.29) is 6.04 Å². The molecule has 0 amide bonds. The van der Waals surface area contributed by atoms with Gasteiger partial charge in [-0.1, -0.05) is 26.0 Å². The summed E-state index contributed by atoms with van der Waals surface area (Å²) in [7, 11) is 1.66. The molecule has 0 radical (unpaired) electrons. The van der Waals surface area contributed by atoms with Gasteiger partial charge >= 0.3 is 0 Å². The van der Waals surface area contributed by atoms with E-state index in [0.717, 1.165) is 15.8 Å². The molecule has 0 aliphatic carbocycles. The third kappa shape index (κ3) is 2.28. The Kier molecular flexibility index (Phi) is 3.96. The zero-order valence-electron chi connectivity index (χ0n) is 8.75. The van der Waals surface area contributed by atoms with Crippen molar-refractivity contribution < 1.29 is 4.74 Å². The summed E-state index contributed by atoms with van der Waals surface area (Å²) in [5.41, 5.74) is 7.13. The molecular formula is C11H16BrNO. The molecule has 14 heavy (non-hydrogen) atoms. The number of nitrogens with two attached hydrogens (primary N) is 1. The summed E-state index contributed by atoms with van der Waals surface area (Å²) >= 11 is 3.44. The first-order valence-electron chi connectivity index (χ1n) is 4.66. The summed E-state index contributed by atoms with van der Waals surface area (Å²) < 4.78 is 6.27. The maximum Gasteiger partial charge on any atom is 0.137 e. The van der Waals surface area contributed by atoms with Crippen molar-refractivity contribution in [1.82, 2.24) is 0 Å². The van der Waals surface area contributed by atoms with Crippen molar-refractivity contribution in [3.05, 3.63) is 28.2 Å². The largest absolute Gasteiger partial charge is 0.495 e. The van der Waals surface area contributed by atoms with Crippen LogP contribution in [0.2, 0.25) is 0 Å². The van der Waals surface area contributed by atoms with Gasteiger partial charge in [-0.05, 0) is 27.9 Å². The number of para-hydroxylation sites is 1. The molecule has 0 bridgehead atoms. The van der Waals surface area contributed by atoms with Crippen LogP contribution in [0.1, 0.15) is 25.5 Å². The van der Waals surface area contributed by atoms with Gasteiger partial charge in [-0.3, -0.25) is 0 Å². The highest BCUT2D eigenvalue weighted by atomic mass is 79.9. The molecule has 0 saturated carbocycles. The van der Waals surface area contributed by atoms with E-state index < -0.39 is 0 Å². The Bertz CT molecular complexity index is 312. The number of ether oxygens (including phenoxy) is 1. The van der Waals surface area contributed by atoms with Crippen LogP contribution in [0, 0.1) is 5.92 Å². The third-order valence-electron chi connectivity index (χ3n) is 2.28. The average Bonchev–Trinajstić information content (AvgIpc) is 2.16. The predicted octanol–water partition coefficient (Wildman–Crippen LogP) is 3.11. The minimum absolute atomic E-state index is 0.0162. The van der Waals surface area contributed by atoms with Gasteiger partial charge in [0.1, 0.15) is 5.75 Å². The zero-order valence-corrected chi connectivity index (χ0v) is 10.3. The van der Waals surface area contributed by atoms with Crippen LogP contribution in [0.25, 0.3) is 0 Å². The van der Waals surface area contributed by atoms with Crippen LogP contribution in [0.15, 0.2) is 22.7 Å². The maximum atomic E-state index is 6.08. The summed E-state index contributed by atoms with van der Waals surface area (Å²) in [6, 6.07) is 5.95. The minimum Gasteiger partial charge on any atom is -0.495 e. The molecule has 1 rings (SSSR count). The summed E-state index contributed by atoms with van der Waals surface area (Å²) in [4.78, 5) is 0. The van der Waals surface area contributed by atoms with Crippen LogP contribution in [-0.4, -0.2) is 7.11 Å². The number of hydrogen-bond acceptors (Lipinski definition) is 2. The van der Waals surface area contributed by atoms with Gasteiger partial charge < -0.3 is 10.5 Å². The van der Waals surface area contributed by atoms with Crippen molar-refractivity contribution in [2.75, 3.05) is 7.11 Å². The molecule has 0 saturated heterocycles. The van der Waals surface area contributed by atoms with E-state index in [1.807, 2.05) is 18.2 Å². The van der Waals surface area contributed by atoms with Gasteiger partial charge in [0.2, 0.25) is 0 Å². The van der Waals surface area contributed by atoms with E-state index >= 15 is 0 Å². The molecule has 0 aromatic heterocycles. The van der Waals surface area contributed by atoms with E-state index in [1.54, 1.807) is 7.11 Å². The fourth-order valence-electron chi connectivity index (χ4n) is 1.36. The SMILES string of the molecule is COc1c(Br)cccc1C(N)C(C)C. The summed E-state index contributed by atoms with van der Waals surface area (Å²) in [5, 5.41) is 0. The molecule has 0 aliphatic rings. The quantitative estimate of drug-likeness (QED) is 0.904. The Morgan fingerprint density at radius 3 is 2.50 bits per heavy atom. The fraction of sp³-hybridized carbons (Fsp3) is 0.455. The van der Waals surface area contributed by atoms with Crippen molar-refractivity contribution in [3.8, 4) is 5.75 Å². The molecule has 0 spiro atoms. The van der Waals surface area contributed by atoms with Crippen LogP contribution in [0.5, 0.6) is 5.75 Å². The summed E-state index contributed by atoms with van der Waals surface area (Å²) in [5.74, 6) is 1.24. The van der Waals surface area contributed by atoms with Crippen LogP contribution >= 0.6 is 15.9 Å². The van der Waals surface area contributed by atoms with Crippen LogP contribution in [0.4, 0.5) is 0 Å². The molecule has 0 heterocycles. The monoisotopic (exact) mass is 257 g/mol. The van der Waals surface area contributed by atoms with Gasteiger partial charge in [0, 0.05) is 11.6 Å². The minimum atomic E-state index is 0.0162. The second-order valence-electron chi connectivity index (χ2n) is 3.63. The number of hydrogen-bond donors (Lipinski definition) is 1. The lowest BCUT2D eigenvalue weighted by molar-refractivity contribution is 0.394. The first kappa shape index (κ1) is 11.5. The number of benzene rings is 1. The van der Waals surface area contributed by atoms with Crippen molar-refractivity contribution in [3.63, 3.8) is 0 Å². The smallest absolute Gasteiger partial charge is 0.137 e. The average molecular weight is 258 g/mol. The number of methoxy groups -OCH3 is 1. The molecular weight excluding hydrogens is 242 g/mol. The molecule has 0 fully saturated rings. The van der Waals surface area contributed by atoms with Gasteiger partial charge in [-0.15, -0.1) is 0 Å². The van der Waals surface area contributed by atoms with Crippen molar-refractivity contribution in [1.29, 1.82) is 0 Å². The van der Waals surface area contributed by atoms with Crippen LogP contribution < -0.4 is 10.5 Å². The van der Waals surface area contributed by atoms with Gasteiger partial charge in [0.25, 0.3) is 0 Å².